The summed E-state index contributed by atoms with van der Waals surface area (Å²) >= 11 is 4.57. The Balaban J connectivity index is 1.64. The molecule has 0 bridgehead atoms. The first kappa shape index (κ1) is 15.2. The molecule has 0 saturated heterocycles. The Kier molecular flexibility index (Phi) is 6.23. The maximum Gasteiger partial charge on any atom is 0.119 e. The van der Waals surface area contributed by atoms with Gasteiger partial charge in [-0.25, -0.2) is 0 Å². The van der Waals surface area contributed by atoms with Gasteiger partial charge in [-0.3, -0.25) is 0 Å². The van der Waals surface area contributed by atoms with Crippen LogP contribution in [0.4, 0.5) is 5.69 Å². The van der Waals surface area contributed by atoms with Crippen LogP contribution in [0.3, 0.4) is 0 Å². The number of aliphatic imine (C=N–C) groups is 1. The number of hydrogen-bond acceptors (Lipinski definition) is 3. The van der Waals surface area contributed by atoms with Crippen molar-refractivity contribution in [3.05, 3.63) is 24.3 Å². The van der Waals surface area contributed by atoms with E-state index >= 15 is 0 Å². The predicted molar refractivity (Wildman–Crippen MR) is 87.0 cm³/mol. The number of nitrogens with zero attached hydrogens (tertiary/aromatic N) is 1. The van der Waals surface area contributed by atoms with Crippen LogP contribution in [0, 0.1) is 11.8 Å². The highest BCUT2D eigenvalue weighted by Crippen LogP contribution is 2.31. The van der Waals surface area contributed by atoms with Crippen molar-refractivity contribution in [3.63, 3.8) is 0 Å². The van der Waals surface area contributed by atoms with Crippen molar-refractivity contribution in [3.8, 4) is 5.75 Å². The molecule has 0 amide bonds. The number of hydrogen-bond donors (Lipinski definition) is 0. The number of rotatable bonds is 6. The van der Waals surface area contributed by atoms with Gasteiger partial charge in [0, 0.05) is 0 Å². The number of thiocarbonyl (C=S) groups is 1. The van der Waals surface area contributed by atoms with E-state index in [2.05, 4.69) is 29.3 Å². The Morgan fingerprint density at radius 3 is 2.55 bits per heavy atom. The van der Waals surface area contributed by atoms with Crippen molar-refractivity contribution in [2.45, 2.75) is 45.4 Å². The van der Waals surface area contributed by atoms with Crippen molar-refractivity contribution in [1.29, 1.82) is 0 Å². The molecule has 1 aromatic rings. The lowest BCUT2D eigenvalue weighted by Crippen LogP contribution is -2.13. The van der Waals surface area contributed by atoms with Gasteiger partial charge in [0.2, 0.25) is 0 Å². The molecule has 20 heavy (non-hydrogen) atoms. The first-order chi connectivity index (χ1) is 9.78. The average Bonchev–Trinajstić information content (AvgIpc) is 2.47. The van der Waals surface area contributed by atoms with Crippen molar-refractivity contribution in [2.24, 2.45) is 16.8 Å². The van der Waals surface area contributed by atoms with E-state index in [4.69, 9.17) is 4.74 Å². The van der Waals surface area contributed by atoms with E-state index in [0.29, 0.717) is 0 Å². The molecule has 1 aliphatic rings. The second kappa shape index (κ2) is 8.18. The Hall–Kier alpha value is -1.18. The summed E-state index contributed by atoms with van der Waals surface area (Å²) < 4.78 is 5.76. The first-order valence-electron chi connectivity index (χ1n) is 7.58. The van der Waals surface area contributed by atoms with Crippen LogP contribution in [0.1, 0.15) is 45.4 Å². The SMILES string of the molecule is C[C@H]1CC[C@H](CCCOc2ccc(N=C=S)cc2)CC1. The molecule has 1 fully saturated rings. The summed E-state index contributed by atoms with van der Waals surface area (Å²) in [6.07, 6.45) is 8.09. The summed E-state index contributed by atoms with van der Waals surface area (Å²) in [7, 11) is 0. The molecule has 1 aliphatic carbocycles. The van der Waals surface area contributed by atoms with Crippen LogP contribution in [0.5, 0.6) is 5.75 Å². The average molecular weight is 289 g/mol. The van der Waals surface area contributed by atoms with E-state index in [1.807, 2.05) is 24.3 Å². The maximum absolute atomic E-state index is 5.76. The lowest BCUT2D eigenvalue weighted by Gasteiger charge is -2.25. The first-order valence-corrected chi connectivity index (χ1v) is 7.99. The monoisotopic (exact) mass is 289 g/mol. The van der Waals surface area contributed by atoms with E-state index in [1.165, 1.54) is 32.1 Å². The topological polar surface area (TPSA) is 21.6 Å². The van der Waals surface area contributed by atoms with Crippen LogP contribution in [0.2, 0.25) is 0 Å². The molecule has 0 aliphatic heterocycles. The summed E-state index contributed by atoms with van der Waals surface area (Å²) in [5.74, 6) is 2.77. The standard InChI is InChI=1S/C17H23NOS/c1-14-4-6-15(7-5-14)3-2-12-19-17-10-8-16(9-11-17)18-13-20/h8-11,14-15H,2-7,12H2,1H3/t14-,15-. The van der Waals surface area contributed by atoms with E-state index in [9.17, 15) is 0 Å². The minimum Gasteiger partial charge on any atom is -0.494 e. The van der Waals surface area contributed by atoms with Crippen LogP contribution in [-0.2, 0) is 0 Å². The van der Waals surface area contributed by atoms with Gasteiger partial charge in [0.1, 0.15) is 5.75 Å². The molecule has 2 rings (SSSR count). The minimum absolute atomic E-state index is 0.807. The molecule has 0 unspecified atom stereocenters. The molecule has 1 saturated carbocycles. The molecule has 0 spiro atoms. The van der Waals surface area contributed by atoms with Gasteiger partial charge in [0.25, 0.3) is 0 Å². The fourth-order valence-electron chi connectivity index (χ4n) is 2.85. The summed E-state index contributed by atoms with van der Waals surface area (Å²) in [4.78, 5) is 3.92. The van der Waals surface area contributed by atoms with Crippen LogP contribution >= 0.6 is 12.2 Å². The number of isothiocyanates is 1. The molecule has 2 nitrogen and oxygen atoms in total. The number of benzene rings is 1. The Labute approximate surface area is 127 Å². The van der Waals surface area contributed by atoms with Crippen LogP contribution in [-0.4, -0.2) is 11.8 Å². The fourth-order valence-corrected chi connectivity index (χ4v) is 2.95. The maximum atomic E-state index is 5.76. The van der Waals surface area contributed by atoms with E-state index < -0.39 is 0 Å². The van der Waals surface area contributed by atoms with Crippen LogP contribution in [0.15, 0.2) is 29.3 Å². The molecule has 3 heteroatoms. The van der Waals surface area contributed by atoms with E-state index in [1.54, 1.807) is 0 Å². The lowest BCUT2D eigenvalue weighted by molar-refractivity contribution is 0.245. The highest BCUT2D eigenvalue weighted by Gasteiger charge is 2.17. The zero-order chi connectivity index (χ0) is 14.2. The van der Waals surface area contributed by atoms with E-state index in [-0.39, 0.29) is 0 Å². The van der Waals surface area contributed by atoms with Crippen molar-refractivity contribution in [1.82, 2.24) is 0 Å². The summed E-state index contributed by atoms with van der Waals surface area (Å²) in [6, 6.07) is 7.68. The Bertz CT molecular complexity index is 443. The fraction of sp³-hybridized carbons (Fsp3) is 0.588. The van der Waals surface area contributed by atoms with Crippen LogP contribution in [0.25, 0.3) is 0 Å². The highest BCUT2D eigenvalue weighted by molar-refractivity contribution is 7.78. The minimum atomic E-state index is 0.807. The normalized spacial score (nSPS) is 22.1. The van der Waals surface area contributed by atoms with Crippen molar-refractivity contribution >= 4 is 23.1 Å². The molecular weight excluding hydrogens is 266 g/mol. The molecule has 0 N–H and O–H groups in total. The summed E-state index contributed by atoms with van der Waals surface area (Å²) in [5, 5.41) is 2.36. The third-order valence-corrected chi connectivity index (χ3v) is 4.26. The molecule has 0 aromatic heterocycles. The zero-order valence-corrected chi connectivity index (χ0v) is 13.0. The molecule has 0 atom stereocenters. The van der Waals surface area contributed by atoms with Gasteiger partial charge in [-0.15, -0.1) is 0 Å². The van der Waals surface area contributed by atoms with Gasteiger partial charge >= 0.3 is 0 Å². The van der Waals surface area contributed by atoms with Crippen molar-refractivity contribution < 1.29 is 4.74 Å². The lowest BCUT2D eigenvalue weighted by atomic mass is 9.81. The molecular formula is C17H23NOS. The van der Waals surface area contributed by atoms with E-state index in [0.717, 1.165) is 36.3 Å². The van der Waals surface area contributed by atoms with Crippen LogP contribution < -0.4 is 4.74 Å². The predicted octanol–water partition coefficient (Wildman–Crippen LogP) is 5.41. The van der Waals surface area contributed by atoms with Gasteiger partial charge in [-0.1, -0.05) is 32.6 Å². The second-order valence-corrected chi connectivity index (χ2v) is 6.00. The molecule has 108 valence electrons. The molecule has 1 aromatic carbocycles. The number of ether oxygens (including phenoxy) is 1. The largest absolute Gasteiger partial charge is 0.494 e. The zero-order valence-electron chi connectivity index (χ0n) is 12.2. The third kappa shape index (κ3) is 5.07. The van der Waals surface area contributed by atoms with Gasteiger partial charge in [-0.05, 0) is 61.2 Å². The smallest absolute Gasteiger partial charge is 0.119 e. The summed E-state index contributed by atoms with van der Waals surface area (Å²) in [5.41, 5.74) is 0.823. The van der Waals surface area contributed by atoms with Gasteiger partial charge in [0.15, 0.2) is 0 Å². The highest BCUT2D eigenvalue weighted by atomic mass is 32.1. The van der Waals surface area contributed by atoms with Crippen molar-refractivity contribution in [2.75, 3.05) is 6.61 Å². The molecule has 0 radical (unpaired) electrons. The van der Waals surface area contributed by atoms with Gasteiger partial charge < -0.3 is 4.74 Å². The Morgan fingerprint density at radius 2 is 1.90 bits per heavy atom. The second-order valence-electron chi connectivity index (χ2n) is 5.81. The quantitative estimate of drug-likeness (QED) is 0.397. The van der Waals surface area contributed by atoms with Gasteiger partial charge in [0.05, 0.1) is 17.5 Å². The summed E-state index contributed by atoms with van der Waals surface area (Å²) in [6.45, 7) is 3.18. The Morgan fingerprint density at radius 1 is 1.20 bits per heavy atom. The molecule has 0 heterocycles. The third-order valence-electron chi connectivity index (χ3n) is 4.17. The van der Waals surface area contributed by atoms with Gasteiger partial charge in [-0.2, -0.15) is 4.99 Å².